The van der Waals surface area contributed by atoms with E-state index in [0.717, 1.165) is 32.1 Å². The van der Waals surface area contributed by atoms with E-state index in [-0.39, 0.29) is 6.61 Å². The molecule has 0 aromatic carbocycles. The highest BCUT2D eigenvalue weighted by molar-refractivity contribution is 7.30. The van der Waals surface area contributed by atoms with Crippen LogP contribution in [-0.4, -0.2) is 21.5 Å². The van der Waals surface area contributed by atoms with Crippen molar-refractivity contribution in [3.8, 4) is 0 Å². The first-order chi connectivity index (χ1) is 11.7. The summed E-state index contributed by atoms with van der Waals surface area (Å²) in [5.41, 5.74) is 5.66. The zero-order valence-electron chi connectivity index (χ0n) is 16.5. The van der Waals surface area contributed by atoms with Crippen LogP contribution in [0.3, 0.4) is 0 Å². The van der Waals surface area contributed by atoms with E-state index in [1.54, 1.807) is 0 Å². The van der Waals surface area contributed by atoms with Gasteiger partial charge in [0.2, 0.25) is 0 Å². The summed E-state index contributed by atoms with van der Waals surface area (Å²) in [6.45, 7) is 11.0. The lowest BCUT2D eigenvalue weighted by atomic mass is 10.0. The van der Waals surface area contributed by atoms with E-state index in [4.69, 9.17) is 19.5 Å². The van der Waals surface area contributed by atoms with E-state index in [2.05, 4.69) is 52.8 Å². The fraction of sp³-hybridized carbons (Fsp3) is 0.600. The Hall–Kier alpha value is -1.06. The molecule has 0 radical (unpaired) electrons. The number of allylic oxidation sites excluding steroid dienone is 7. The SMILES string of the molecule is CC(C)=CCCC(C)=CCCC(C)=CCCC(C)=CCO.O=[P+](O)O. The van der Waals surface area contributed by atoms with Gasteiger partial charge in [-0.1, -0.05) is 46.6 Å². The minimum Gasteiger partial charge on any atom is -0.392 e. The molecule has 0 rings (SSSR count). The van der Waals surface area contributed by atoms with E-state index in [0.29, 0.717) is 0 Å². The molecule has 0 unspecified atom stereocenters. The summed E-state index contributed by atoms with van der Waals surface area (Å²) < 4.78 is 8.70. The summed E-state index contributed by atoms with van der Waals surface area (Å²) in [7, 11) is -2.87. The van der Waals surface area contributed by atoms with Crippen LogP contribution in [0.5, 0.6) is 0 Å². The first-order valence-electron chi connectivity index (χ1n) is 8.75. The number of aliphatic hydroxyl groups excluding tert-OH is 1. The molecule has 0 aliphatic carbocycles. The van der Waals surface area contributed by atoms with E-state index in [1.165, 1.54) is 28.7 Å². The monoisotopic (exact) mass is 371 g/mol. The topological polar surface area (TPSA) is 77.8 Å². The summed E-state index contributed by atoms with van der Waals surface area (Å²) in [6, 6.07) is 0. The van der Waals surface area contributed by atoms with Gasteiger partial charge in [0.25, 0.3) is 0 Å². The zero-order chi connectivity index (χ0) is 19.7. The second kappa shape index (κ2) is 17.8. The van der Waals surface area contributed by atoms with Gasteiger partial charge in [0.05, 0.1) is 6.61 Å². The molecule has 0 saturated carbocycles. The molecule has 0 fully saturated rings. The Labute approximate surface area is 154 Å². The summed E-state index contributed by atoms with van der Waals surface area (Å²) in [5, 5.41) is 8.80. The summed E-state index contributed by atoms with van der Waals surface area (Å²) >= 11 is 0. The van der Waals surface area contributed by atoms with Crippen molar-refractivity contribution in [2.45, 2.75) is 73.1 Å². The predicted molar refractivity (Wildman–Crippen MR) is 108 cm³/mol. The zero-order valence-corrected chi connectivity index (χ0v) is 17.4. The highest BCUT2D eigenvalue weighted by Gasteiger charge is 1.93. The highest BCUT2D eigenvalue weighted by Crippen LogP contribution is 2.13. The maximum absolute atomic E-state index is 8.80. The molecule has 3 N–H and O–H groups in total. The Kier molecular flexibility index (Phi) is 18.6. The minimum absolute atomic E-state index is 0.158. The molecule has 0 aromatic rings. The molecular formula is C20H36O4P+. The van der Waals surface area contributed by atoms with Crippen LogP contribution in [-0.2, 0) is 4.57 Å². The quantitative estimate of drug-likeness (QED) is 0.337. The molecule has 0 aliphatic rings. The van der Waals surface area contributed by atoms with Crippen LogP contribution in [0, 0.1) is 0 Å². The Morgan fingerprint density at radius 1 is 0.720 bits per heavy atom. The van der Waals surface area contributed by atoms with E-state index in [1.807, 2.05) is 6.08 Å². The van der Waals surface area contributed by atoms with Crippen LogP contribution >= 0.6 is 8.25 Å². The van der Waals surface area contributed by atoms with Crippen LogP contribution in [0.15, 0.2) is 46.6 Å². The third-order valence-corrected chi connectivity index (χ3v) is 3.59. The maximum atomic E-state index is 8.80. The van der Waals surface area contributed by atoms with Gasteiger partial charge in [0.15, 0.2) is 0 Å². The summed E-state index contributed by atoms with van der Waals surface area (Å²) in [4.78, 5) is 14.2. The lowest BCUT2D eigenvalue weighted by Crippen LogP contribution is -1.83. The van der Waals surface area contributed by atoms with Gasteiger partial charge in [-0.25, -0.2) is 0 Å². The molecule has 0 heterocycles. The van der Waals surface area contributed by atoms with Gasteiger partial charge in [0.1, 0.15) is 0 Å². The average molecular weight is 371 g/mol. The molecule has 0 aliphatic heterocycles. The van der Waals surface area contributed by atoms with Gasteiger partial charge >= 0.3 is 8.25 Å². The summed E-state index contributed by atoms with van der Waals surface area (Å²) in [6.07, 6.45) is 15.7. The van der Waals surface area contributed by atoms with Gasteiger partial charge in [-0.15, -0.1) is 9.79 Å². The van der Waals surface area contributed by atoms with Gasteiger partial charge in [0, 0.05) is 4.57 Å². The van der Waals surface area contributed by atoms with E-state index in [9.17, 15) is 0 Å². The second-order valence-corrected chi connectivity index (χ2v) is 6.99. The number of hydrogen-bond acceptors (Lipinski definition) is 2. The van der Waals surface area contributed by atoms with Crippen molar-refractivity contribution in [3.05, 3.63) is 46.6 Å². The number of aliphatic hydroxyl groups is 1. The van der Waals surface area contributed by atoms with Gasteiger partial charge in [-0.3, -0.25) is 0 Å². The molecule has 0 aromatic heterocycles. The molecule has 0 bridgehead atoms. The second-order valence-electron chi connectivity index (χ2n) is 6.48. The van der Waals surface area contributed by atoms with Gasteiger partial charge in [-0.05, 0) is 73.1 Å². The van der Waals surface area contributed by atoms with Crippen molar-refractivity contribution in [2.75, 3.05) is 6.61 Å². The van der Waals surface area contributed by atoms with Crippen molar-refractivity contribution in [3.63, 3.8) is 0 Å². The van der Waals surface area contributed by atoms with Crippen LogP contribution < -0.4 is 0 Å². The molecule has 0 atom stereocenters. The first-order valence-corrected chi connectivity index (χ1v) is 9.91. The Balaban J connectivity index is 0. The molecular weight excluding hydrogens is 335 g/mol. The molecule has 144 valence electrons. The minimum atomic E-state index is -2.87. The maximum Gasteiger partial charge on any atom is 0.692 e. The fourth-order valence-corrected chi connectivity index (χ4v) is 2.14. The van der Waals surface area contributed by atoms with Crippen LogP contribution in [0.1, 0.15) is 73.1 Å². The third-order valence-electron chi connectivity index (χ3n) is 3.59. The van der Waals surface area contributed by atoms with Crippen molar-refractivity contribution < 1.29 is 19.5 Å². The first kappa shape index (κ1) is 26.2. The van der Waals surface area contributed by atoms with Gasteiger partial charge < -0.3 is 5.11 Å². The molecule has 25 heavy (non-hydrogen) atoms. The highest BCUT2D eigenvalue weighted by atomic mass is 31.1. The Morgan fingerprint density at radius 2 is 1.04 bits per heavy atom. The van der Waals surface area contributed by atoms with Gasteiger partial charge in [-0.2, -0.15) is 0 Å². The number of hydrogen-bond donors (Lipinski definition) is 3. The summed E-state index contributed by atoms with van der Waals surface area (Å²) in [5.74, 6) is 0. The normalized spacial score (nSPS) is 12.4. The van der Waals surface area contributed by atoms with Crippen molar-refractivity contribution >= 4 is 8.25 Å². The predicted octanol–water partition coefficient (Wildman–Crippen LogP) is 5.75. The Bertz CT molecular complexity index is 480. The van der Waals surface area contributed by atoms with Crippen molar-refractivity contribution in [2.24, 2.45) is 0 Å². The van der Waals surface area contributed by atoms with E-state index >= 15 is 0 Å². The largest absolute Gasteiger partial charge is 0.692 e. The van der Waals surface area contributed by atoms with Crippen molar-refractivity contribution in [1.29, 1.82) is 0 Å². The number of rotatable bonds is 10. The molecule has 0 saturated heterocycles. The van der Waals surface area contributed by atoms with Crippen molar-refractivity contribution in [1.82, 2.24) is 0 Å². The lowest BCUT2D eigenvalue weighted by Gasteiger charge is -2.02. The van der Waals surface area contributed by atoms with Crippen LogP contribution in [0.25, 0.3) is 0 Å². The Morgan fingerprint density at radius 3 is 1.36 bits per heavy atom. The average Bonchev–Trinajstić information content (AvgIpc) is 2.46. The smallest absolute Gasteiger partial charge is 0.392 e. The van der Waals surface area contributed by atoms with E-state index < -0.39 is 8.25 Å². The third kappa shape index (κ3) is 25.3. The lowest BCUT2D eigenvalue weighted by molar-refractivity contribution is 0.341. The molecule has 5 heteroatoms. The molecule has 4 nitrogen and oxygen atoms in total. The fourth-order valence-electron chi connectivity index (χ4n) is 2.14. The molecule has 0 amide bonds. The van der Waals surface area contributed by atoms with Crippen LogP contribution in [0.2, 0.25) is 0 Å². The van der Waals surface area contributed by atoms with Crippen LogP contribution in [0.4, 0.5) is 0 Å². The standard InChI is InChI=1S/C20H34O.HO3P/c1-17(2)9-6-10-18(3)11-7-12-19(4)13-8-14-20(5)15-16-21;1-4(2)3/h9,11,13,15,21H,6-8,10,12,14,16H2,1-5H3;(H-,1,2,3)/p+1. The molecule has 0 spiro atoms.